The highest BCUT2D eigenvalue weighted by Crippen LogP contribution is 2.26. The van der Waals surface area contributed by atoms with E-state index in [1.54, 1.807) is 7.11 Å². The fraction of sp³-hybridized carbons (Fsp3) is 0.571. The number of aromatic nitrogens is 1. The molecule has 1 aromatic heterocycles. The molecule has 96 valence electrons. The monoisotopic (exact) mass is 245 g/mol. The number of hydrogen-bond donors (Lipinski definition) is 0. The maximum atomic E-state index is 9.27. The third-order valence-electron chi connectivity index (χ3n) is 3.40. The van der Waals surface area contributed by atoms with Crippen LogP contribution in [0.5, 0.6) is 0 Å². The molecule has 1 aliphatic rings. The fourth-order valence-electron chi connectivity index (χ4n) is 2.40. The molecule has 18 heavy (non-hydrogen) atoms. The van der Waals surface area contributed by atoms with Crippen molar-refractivity contribution in [1.29, 1.82) is 5.26 Å². The number of nitrogens with zero attached hydrogens (tertiary/aromatic N) is 3. The summed E-state index contributed by atoms with van der Waals surface area (Å²) in [6, 6.07) is 4.29. The molecule has 4 heteroatoms. The molecule has 0 fully saturated rings. The van der Waals surface area contributed by atoms with Crippen molar-refractivity contribution in [2.45, 2.75) is 26.2 Å². The molecule has 1 aliphatic carbocycles. The summed E-state index contributed by atoms with van der Waals surface area (Å²) in [4.78, 5) is 6.81. The minimum atomic E-state index is 0.650. The number of likely N-dealkylation sites (N-methyl/N-ethyl adjacent to an activating group) is 1. The molecule has 0 saturated heterocycles. The Balaban J connectivity index is 2.33. The molecule has 0 N–H and O–H groups in total. The SMILES string of the molecule is CCN(CCOC)c1nc2c(cc1C#N)CCC2. The standard InChI is InChI=1S/C14H19N3O/c1-3-17(7-8-18-2)14-12(10-15)9-11-5-4-6-13(11)16-14/h9H,3-8H2,1-2H3. The number of pyridine rings is 1. The molecule has 0 atom stereocenters. The molecular weight excluding hydrogens is 226 g/mol. The average molecular weight is 245 g/mol. The Bertz CT molecular complexity index is 465. The van der Waals surface area contributed by atoms with Gasteiger partial charge >= 0.3 is 0 Å². The number of anilines is 1. The van der Waals surface area contributed by atoms with E-state index >= 15 is 0 Å². The van der Waals surface area contributed by atoms with Crippen LogP contribution in [0.4, 0.5) is 5.82 Å². The second-order valence-corrected chi connectivity index (χ2v) is 4.50. The Hall–Kier alpha value is -1.60. The maximum absolute atomic E-state index is 9.27. The van der Waals surface area contributed by atoms with Crippen molar-refractivity contribution in [2.75, 3.05) is 31.7 Å². The Morgan fingerprint density at radius 1 is 1.50 bits per heavy atom. The molecule has 0 spiro atoms. The van der Waals surface area contributed by atoms with Gasteiger partial charge < -0.3 is 9.64 Å². The summed E-state index contributed by atoms with van der Waals surface area (Å²) in [5, 5.41) is 9.27. The Morgan fingerprint density at radius 3 is 3.00 bits per heavy atom. The van der Waals surface area contributed by atoms with Crippen LogP contribution in [0.25, 0.3) is 0 Å². The second kappa shape index (κ2) is 5.83. The zero-order valence-corrected chi connectivity index (χ0v) is 11.1. The van der Waals surface area contributed by atoms with Gasteiger partial charge in [0.05, 0.1) is 12.2 Å². The van der Waals surface area contributed by atoms with Crippen molar-refractivity contribution in [1.82, 2.24) is 4.98 Å². The first-order chi connectivity index (χ1) is 8.80. The van der Waals surface area contributed by atoms with Crippen LogP contribution < -0.4 is 4.90 Å². The van der Waals surface area contributed by atoms with E-state index in [1.807, 2.05) is 6.07 Å². The third kappa shape index (κ3) is 2.46. The molecule has 0 bridgehead atoms. The number of nitriles is 1. The highest BCUT2D eigenvalue weighted by atomic mass is 16.5. The smallest absolute Gasteiger partial charge is 0.146 e. The van der Waals surface area contributed by atoms with Crippen LogP contribution in [0.1, 0.15) is 30.2 Å². The fourth-order valence-corrected chi connectivity index (χ4v) is 2.40. The van der Waals surface area contributed by atoms with Gasteiger partial charge in [0, 0.05) is 25.9 Å². The number of methoxy groups -OCH3 is 1. The predicted molar refractivity (Wildman–Crippen MR) is 70.7 cm³/mol. The van der Waals surface area contributed by atoms with E-state index in [1.165, 1.54) is 11.3 Å². The van der Waals surface area contributed by atoms with Gasteiger partial charge in [0.25, 0.3) is 0 Å². The number of ether oxygens (including phenoxy) is 1. The predicted octanol–water partition coefficient (Wildman–Crippen LogP) is 1.91. The highest BCUT2D eigenvalue weighted by molar-refractivity contribution is 5.56. The van der Waals surface area contributed by atoms with E-state index in [4.69, 9.17) is 9.72 Å². The molecule has 4 nitrogen and oxygen atoms in total. The summed E-state index contributed by atoms with van der Waals surface area (Å²) in [6.07, 6.45) is 3.25. The van der Waals surface area contributed by atoms with Gasteiger partial charge in [0.1, 0.15) is 11.9 Å². The van der Waals surface area contributed by atoms with Gasteiger partial charge in [-0.15, -0.1) is 0 Å². The van der Waals surface area contributed by atoms with Gasteiger partial charge in [-0.2, -0.15) is 5.26 Å². The van der Waals surface area contributed by atoms with E-state index in [-0.39, 0.29) is 0 Å². The molecule has 0 aliphatic heterocycles. The molecule has 0 aromatic carbocycles. The van der Waals surface area contributed by atoms with Gasteiger partial charge in [-0.25, -0.2) is 4.98 Å². The summed E-state index contributed by atoms with van der Waals surface area (Å²) in [5.41, 5.74) is 3.10. The Kier molecular flexibility index (Phi) is 4.16. The van der Waals surface area contributed by atoms with Crippen molar-refractivity contribution in [3.63, 3.8) is 0 Å². The van der Waals surface area contributed by atoms with E-state index < -0.39 is 0 Å². The van der Waals surface area contributed by atoms with E-state index in [0.29, 0.717) is 12.2 Å². The maximum Gasteiger partial charge on any atom is 0.146 e. The zero-order valence-electron chi connectivity index (χ0n) is 11.1. The Morgan fingerprint density at radius 2 is 2.33 bits per heavy atom. The topological polar surface area (TPSA) is 49.1 Å². The Labute approximate surface area is 108 Å². The van der Waals surface area contributed by atoms with E-state index in [0.717, 1.165) is 38.2 Å². The lowest BCUT2D eigenvalue weighted by molar-refractivity contribution is 0.205. The molecule has 0 amide bonds. The summed E-state index contributed by atoms with van der Waals surface area (Å²) in [6.45, 7) is 4.33. The third-order valence-corrected chi connectivity index (χ3v) is 3.40. The van der Waals surface area contributed by atoms with Crippen molar-refractivity contribution in [2.24, 2.45) is 0 Å². The van der Waals surface area contributed by atoms with E-state index in [2.05, 4.69) is 17.9 Å². The van der Waals surface area contributed by atoms with Crippen molar-refractivity contribution in [3.8, 4) is 6.07 Å². The largest absolute Gasteiger partial charge is 0.383 e. The van der Waals surface area contributed by atoms with Crippen LogP contribution in [0.3, 0.4) is 0 Å². The van der Waals surface area contributed by atoms with Crippen LogP contribution in [-0.2, 0) is 17.6 Å². The quantitative estimate of drug-likeness (QED) is 0.795. The van der Waals surface area contributed by atoms with Gasteiger partial charge in [-0.1, -0.05) is 0 Å². The minimum Gasteiger partial charge on any atom is -0.383 e. The number of aryl methyl sites for hydroxylation is 2. The van der Waals surface area contributed by atoms with Gasteiger partial charge in [-0.05, 0) is 37.8 Å². The lowest BCUT2D eigenvalue weighted by Gasteiger charge is -2.23. The first-order valence-corrected chi connectivity index (χ1v) is 6.47. The molecule has 2 rings (SSSR count). The lowest BCUT2D eigenvalue weighted by Crippen LogP contribution is -2.28. The van der Waals surface area contributed by atoms with Gasteiger partial charge in [0.2, 0.25) is 0 Å². The van der Waals surface area contributed by atoms with Crippen LogP contribution in [0.15, 0.2) is 6.07 Å². The first kappa shape index (κ1) is 12.8. The van der Waals surface area contributed by atoms with Crippen LogP contribution in [-0.4, -0.2) is 31.8 Å². The first-order valence-electron chi connectivity index (χ1n) is 6.47. The molecule has 0 radical (unpaired) electrons. The van der Waals surface area contributed by atoms with Gasteiger partial charge in [0.15, 0.2) is 0 Å². The lowest BCUT2D eigenvalue weighted by atomic mass is 10.1. The van der Waals surface area contributed by atoms with Crippen LogP contribution >= 0.6 is 0 Å². The molecular formula is C14H19N3O. The summed E-state index contributed by atoms with van der Waals surface area (Å²) < 4.78 is 5.11. The number of fused-ring (bicyclic) bond motifs is 1. The second-order valence-electron chi connectivity index (χ2n) is 4.50. The normalized spacial score (nSPS) is 13.2. The summed E-state index contributed by atoms with van der Waals surface area (Å²) in [7, 11) is 1.69. The van der Waals surface area contributed by atoms with Crippen molar-refractivity contribution >= 4 is 5.82 Å². The molecule has 0 unspecified atom stereocenters. The van der Waals surface area contributed by atoms with Crippen LogP contribution in [0.2, 0.25) is 0 Å². The number of rotatable bonds is 5. The zero-order chi connectivity index (χ0) is 13.0. The highest BCUT2D eigenvalue weighted by Gasteiger charge is 2.19. The molecule has 1 heterocycles. The summed E-state index contributed by atoms with van der Waals surface area (Å²) in [5.74, 6) is 0.817. The van der Waals surface area contributed by atoms with E-state index in [9.17, 15) is 5.26 Å². The summed E-state index contributed by atoms with van der Waals surface area (Å²) >= 11 is 0. The molecule has 0 saturated carbocycles. The minimum absolute atomic E-state index is 0.650. The molecule has 1 aromatic rings. The van der Waals surface area contributed by atoms with Crippen LogP contribution in [0, 0.1) is 11.3 Å². The van der Waals surface area contributed by atoms with Crippen molar-refractivity contribution in [3.05, 3.63) is 22.9 Å². The van der Waals surface area contributed by atoms with Gasteiger partial charge in [-0.3, -0.25) is 0 Å². The van der Waals surface area contributed by atoms with Crippen molar-refractivity contribution < 1.29 is 4.74 Å². The average Bonchev–Trinajstić information content (AvgIpc) is 2.85. The number of hydrogen-bond acceptors (Lipinski definition) is 4.